The number of esters is 1. The molecule has 0 spiro atoms. The number of carbonyl (C=O) groups excluding carboxylic acids is 1. The molecular formula is C17H21N3O2. The lowest BCUT2D eigenvalue weighted by molar-refractivity contribution is 0.0527. The van der Waals surface area contributed by atoms with E-state index in [0.29, 0.717) is 18.7 Å². The third kappa shape index (κ3) is 3.61. The van der Waals surface area contributed by atoms with Gasteiger partial charge in [0.1, 0.15) is 0 Å². The molecular weight excluding hydrogens is 278 g/mol. The van der Waals surface area contributed by atoms with Crippen LogP contribution in [0.1, 0.15) is 40.1 Å². The summed E-state index contributed by atoms with van der Waals surface area (Å²) in [5.41, 5.74) is 4.89. The molecule has 0 fully saturated rings. The molecule has 0 unspecified atom stereocenters. The molecule has 0 atom stereocenters. The second-order valence-corrected chi connectivity index (χ2v) is 5.05. The number of nitrogens with one attached hydrogen (secondary N) is 1. The number of carbonyl (C=O) groups is 1. The monoisotopic (exact) mass is 299 g/mol. The predicted octanol–water partition coefficient (Wildman–Crippen LogP) is 3.19. The molecule has 0 aliphatic rings. The summed E-state index contributed by atoms with van der Waals surface area (Å²) < 4.78 is 5.07. The molecule has 0 radical (unpaired) electrons. The van der Waals surface area contributed by atoms with Gasteiger partial charge in [0.15, 0.2) is 0 Å². The molecule has 116 valence electrons. The van der Waals surface area contributed by atoms with Crippen LogP contribution >= 0.6 is 0 Å². The number of aromatic nitrogens is 2. The van der Waals surface area contributed by atoms with Crippen LogP contribution in [0, 0.1) is 20.8 Å². The Labute approximate surface area is 130 Å². The highest BCUT2D eigenvalue weighted by molar-refractivity contribution is 5.95. The molecule has 0 saturated carbocycles. The molecule has 0 aliphatic heterocycles. The summed E-state index contributed by atoms with van der Waals surface area (Å²) in [6, 6.07) is 7.30. The van der Waals surface area contributed by atoms with Gasteiger partial charge in [0.2, 0.25) is 0 Å². The van der Waals surface area contributed by atoms with Crippen LogP contribution in [0.5, 0.6) is 0 Å². The topological polar surface area (TPSA) is 64.1 Å². The second-order valence-electron chi connectivity index (χ2n) is 5.05. The molecule has 0 saturated heterocycles. The summed E-state index contributed by atoms with van der Waals surface area (Å²) in [6.45, 7) is 8.49. The average molecular weight is 299 g/mol. The first-order valence-electron chi connectivity index (χ1n) is 7.33. The quantitative estimate of drug-likeness (QED) is 0.859. The van der Waals surface area contributed by atoms with Crippen molar-refractivity contribution in [3.8, 4) is 0 Å². The minimum Gasteiger partial charge on any atom is -0.462 e. The van der Waals surface area contributed by atoms with Crippen molar-refractivity contribution in [2.45, 2.75) is 34.2 Å². The number of para-hydroxylation sites is 1. The lowest BCUT2D eigenvalue weighted by Gasteiger charge is -2.13. The number of benzene rings is 1. The first-order chi connectivity index (χ1) is 10.5. The fourth-order valence-corrected chi connectivity index (χ4v) is 2.13. The first-order valence-corrected chi connectivity index (χ1v) is 7.33. The molecule has 5 nitrogen and oxygen atoms in total. The summed E-state index contributed by atoms with van der Waals surface area (Å²) in [5.74, 6) is -0.325. The maximum atomic E-state index is 12.0. The van der Waals surface area contributed by atoms with Crippen LogP contribution in [0.25, 0.3) is 0 Å². The maximum absolute atomic E-state index is 12.0. The first kappa shape index (κ1) is 15.9. The fraction of sp³-hybridized carbons (Fsp3) is 0.353. The van der Waals surface area contributed by atoms with E-state index < -0.39 is 0 Å². The lowest BCUT2D eigenvalue weighted by Crippen LogP contribution is -2.12. The van der Waals surface area contributed by atoms with Crippen molar-refractivity contribution in [2.75, 3.05) is 11.9 Å². The Balaban J connectivity index is 2.19. The lowest BCUT2D eigenvalue weighted by atomic mass is 10.1. The number of nitrogens with zero attached hydrogens (tertiary/aromatic N) is 2. The van der Waals surface area contributed by atoms with Crippen LogP contribution in [0.15, 0.2) is 24.3 Å². The molecule has 1 heterocycles. The minimum atomic E-state index is -0.325. The Morgan fingerprint density at radius 1 is 1.09 bits per heavy atom. The molecule has 22 heavy (non-hydrogen) atoms. The largest absolute Gasteiger partial charge is 0.462 e. The van der Waals surface area contributed by atoms with Gasteiger partial charge in [-0.1, -0.05) is 12.1 Å². The highest BCUT2D eigenvalue weighted by Gasteiger charge is 2.12. The van der Waals surface area contributed by atoms with Gasteiger partial charge in [0.05, 0.1) is 41.5 Å². The molecule has 0 amide bonds. The van der Waals surface area contributed by atoms with Gasteiger partial charge >= 0.3 is 5.97 Å². The number of hydrogen-bond acceptors (Lipinski definition) is 5. The van der Waals surface area contributed by atoms with Crippen LogP contribution in [-0.2, 0) is 11.3 Å². The predicted molar refractivity (Wildman–Crippen MR) is 86.0 cm³/mol. The van der Waals surface area contributed by atoms with E-state index in [4.69, 9.17) is 4.74 Å². The summed E-state index contributed by atoms with van der Waals surface area (Å²) in [4.78, 5) is 21.0. The molecule has 0 aliphatic carbocycles. The van der Waals surface area contributed by atoms with E-state index in [9.17, 15) is 4.79 Å². The summed E-state index contributed by atoms with van der Waals surface area (Å²) in [6.07, 6.45) is 0. The summed E-state index contributed by atoms with van der Waals surface area (Å²) >= 11 is 0. The van der Waals surface area contributed by atoms with Gasteiger partial charge in [-0.15, -0.1) is 0 Å². The fourth-order valence-electron chi connectivity index (χ4n) is 2.13. The van der Waals surface area contributed by atoms with Crippen LogP contribution in [0.2, 0.25) is 0 Å². The van der Waals surface area contributed by atoms with E-state index in [1.54, 1.807) is 13.0 Å². The van der Waals surface area contributed by atoms with Crippen molar-refractivity contribution in [2.24, 2.45) is 0 Å². The minimum absolute atomic E-state index is 0.325. The number of aryl methyl sites for hydroxylation is 3. The van der Waals surface area contributed by atoms with E-state index in [2.05, 4.69) is 15.3 Å². The van der Waals surface area contributed by atoms with Crippen LogP contribution in [0.4, 0.5) is 5.69 Å². The zero-order valence-corrected chi connectivity index (χ0v) is 13.4. The third-order valence-electron chi connectivity index (χ3n) is 3.45. The summed E-state index contributed by atoms with van der Waals surface area (Å²) in [5, 5.41) is 3.25. The van der Waals surface area contributed by atoms with E-state index in [1.807, 2.05) is 39.0 Å². The van der Waals surface area contributed by atoms with Crippen LogP contribution in [-0.4, -0.2) is 22.5 Å². The van der Waals surface area contributed by atoms with E-state index in [1.165, 1.54) is 0 Å². The molecule has 1 aromatic heterocycles. The van der Waals surface area contributed by atoms with Gasteiger partial charge < -0.3 is 10.1 Å². The molecule has 2 rings (SSSR count). The van der Waals surface area contributed by atoms with Crippen molar-refractivity contribution in [1.29, 1.82) is 0 Å². The summed E-state index contributed by atoms with van der Waals surface area (Å²) in [7, 11) is 0. The molecule has 1 N–H and O–H groups in total. The van der Waals surface area contributed by atoms with Gasteiger partial charge in [-0.2, -0.15) is 0 Å². The number of anilines is 1. The Morgan fingerprint density at radius 3 is 2.50 bits per heavy atom. The van der Waals surface area contributed by atoms with Crippen molar-refractivity contribution >= 4 is 11.7 Å². The van der Waals surface area contributed by atoms with Crippen molar-refractivity contribution < 1.29 is 9.53 Å². The normalized spacial score (nSPS) is 10.4. The highest BCUT2D eigenvalue weighted by atomic mass is 16.5. The Morgan fingerprint density at radius 2 is 1.77 bits per heavy atom. The SMILES string of the molecule is CCOC(=O)c1ccccc1NCc1nc(C)c(C)nc1C. The maximum Gasteiger partial charge on any atom is 0.340 e. The second kappa shape index (κ2) is 7.02. The zero-order valence-electron chi connectivity index (χ0n) is 13.4. The molecule has 0 bridgehead atoms. The number of ether oxygens (including phenoxy) is 1. The standard InChI is InChI=1S/C17H21N3O2/c1-5-22-17(21)14-8-6-7-9-15(14)18-10-16-13(4)19-11(2)12(3)20-16/h6-9,18H,5,10H2,1-4H3. The van der Waals surface area contributed by atoms with Gasteiger partial charge in [-0.05, 0) is 39.8 Å². The Kier molecular flexibility index (Phi) is 5.09. The molecule has 5 heteroatoms. The van der Waals surface area contributed by atoms with E-state index in [0.717, 1.165) is 28.5 Å². The van der Waals surface area contributed by atoms with Gasteiger partial charge in [0.25, 0.3) is 0 Å². The molecule has 2 aromatic rings. The van der Waals surface area contributed by atoms with Gasteiger partial charge in [0, 0.05) is 5.69 Å². The van der Waals surface area contributed by atoms with E-state index >= 15 is 0 Å². The van der Waals surface area contributed by atoms with Gasteiger partial charge in [-0.3, -0.25) is 9.97 Å². The zero-order chi connectivity index (χ0) is 16.1. The van der Waals surface area contributed by atoms with Crippen molar-refractivity contribution in [3.63, 3.8) is 0 Å². The Bertz CT molecular complexity index is 684. The molecule has 1 aromatic carbocycles. The average Bonchev–Trinajstić information content (AvgIpc) is 2.50. The van der Waals surface area contributed by atoms with Crippen LogP contribution in [0.3, 0.4) is 0 Å². The van der Waals surface area contributed by atoms with Gasteiger partial charge in [-0.25, -0.2) is 4.79 Å². The highest BCUT2D eigenvalue weighted by Crippen LogP contribution is 2.18. The smallest absolute Gasteiger partial charge is 0.340 e. The number of hydrogen-bond donors (Lipinski definition) is 1. The van der Waals surface area contributed by atoms with Crippen molar-refractivity contribution in [1.82, 2.24) is 9.97 Å². The Hall–Kier alpha value is -2.43. The van der Waals surface area contributed by atoms with E-state index in [-0.39, 0.29) is 5.97 Å². The third-order valence-corrected chi connectivity index (χ3v) is 3.45. The van der Waals surface area contributed by atoms with Crippen LogP contribution < -0.4 is 5.32 Å². The number of rotatable bonds is 5. The van der Waals surface area contributed by atoms with Crippen molar-refractivity contribution in [3.05, 3.63) is 52.6 Å².